The Bertz CT molecular complexity index is 978. The molecule has 0 bridgehead atoms. The quantitative estimate of drug-likeness (QED) is 0.125. The van der Waals surface area contributed by atoms with E-state index in [1.54, 1.807) is 27.7 Å². The Balaban J connectivity index is 6.00. The van der Waals surface area contributed by atoms with Crippen LogP contribution in [0.3, 0.4) is 0 Å². The SMILES string of the molecule is CC[C@H](C)[C@H](NC(=O)[C@H](CC(C)C)NC(=O)[C@H](CC(N)=O)NC(=O)C(C)(C)NC(C)=O)C(=O)NC(C)(C)C(=O)O. The van der Waals surface area contributed by atoms with E-state index in [9.17, 15) is 38.7 Å². The summed E-state index contributed by atoms with van der Waals surface area (Å²) >= 11 is 0. The number of primary amides is 1. The molecule has 0 aromatic heterocycles. The van der Waals surface area contributed by atoms with E-state index >= 15 is 0 Å². The molecule has 0 rings (SSSR count). The topological polar surface area (TPSA) is 226 Å². The van der Waals surface area contributed by atoms with Crippen molar-refractivity contribution in [3.8, 4) is 0 Å². The number of amides is 6. The fourth-order valence-corrected chi connectivity index (χ4v) is 3.62. The lowest BCUT2D eigenvalue weighted by Gasteiger charge is -2.31. The molecule has 14 nitrogen and oxygen atoms in total. The van der Waals surface area contributed by atoms with Gasteiger partial charge in [-0.1, -0.05) is 34.1 Å². The Kier molecular flexibility index (Phi) is 13.8. The molecule has 0 aromatic carbocycles. The second-order valence-corrected chi connectivity index (χ2v) is 11.5. The van der Waals surface area contributed by atoms with Gasteiger partial charge in [-0.2, -0.15) is 0 Å². The zero-order valence-corrected chi connectivity index (χ0v) is 24.9. The lowest BCUT2D eigenvalue weighted by Crippen LogP contribution is -2.62. The average molecular weight is 571 g/mol. The van der Waals surface area contributed by atoms with Crippen molar-refractivity contribution in [2.24, 2.45) is 17.6 Å². The highest BCUT2D eigenvalue weighted by molar-refractivity contribution is 5.98. The van der Waals surface area contributed by atoms with Gasteiger partial charge in [0.05, 0.1) is 6.42 Å². The minimum absolute atomic E-state index is 0.0965. The smallest absolute Gasteiger partial charge is 0.328 e. The fourth-order valence-electron chi connectivity index (χ4n) is 3.62. The van der Waals surface area contributed by atoms with E-state index in [0.717, 1.165) is 0 Å². The highest BCUT2D eigenvalue weighted by Gasteiger charge is 2.37. The zero-order chi connectivity index (χ0) is 31.6. The van der Waals surface area contributed by atoms with Gasteiger partial charge in [-0.15, -0.1) is 0 Å². The molecule has 228 valence electrons. The summed E-state index contributed by atoms with van der Waals surface area (Å²) in [5.41, 5.74) is 2.27. The minimum atomic E-state index is -1.59. The number of rotatable bonds is 16. The molecule has 0 aromatic rings. The van der Waals surface area contributed by atoms with Crippen molar-refractivity contribution < 1.29 is 38.7 Å². The van der Waals surface area contributed by atoms with E-state index in [1.165, 1.54) is 34.6 Å². The first-order chi connectivity index (χ1) is 18.1. The van der Waals surface area contributed by atoms with Crippen LogP contribution in [-0.2, 0) is 33.6 Å². The molecule has 0 aliphatic carbocycles. The van der Waals surface area contributed by atoms with Crippen LogP contribution < -0.4 is 32.3 Å². The van der Waals surface area contributed by atoms with Crippen LogP contribution in [0.25, 0.3) is 0 Å². The lowest BCUT2D eigenvalue weighted by atomic mass is 9.95. The molecule has 0 spiro atoms. The van der Waals surface area contributed by atoms with Gasteiger partial charge >= 0.3 is 5.97 Å². The maximum atomic E-state index is 13.3. The number of carboxylic acid groups (broad SMARTS) is 1. The summed E-state index contributed by atoms with van der Waals surface area (Å²) in [5, 5.41) is 21.8. The van der Waals surface area contributed by atoms with Crippen molar-refractivity contribution >= 4 is 41.4 Å². The largest absolute Gasteiger partial charge is 0.480 e. The van der Waals surface area contributed by atoms with Gasteiger partial charge in [0.1, 0.15) is 29.2 Å². The zero-order valence-electron chi connectivity index (χ0n) is 24.9. The van der Waals surface area contributed by atoms with Crippen LogP contribution in [0.4, 0.5) is 0 Å². The molecular formula is C26H46N6O8. The summed E-state index contributed by atoms with van der Waals surface area (Å²) in [6.07, 6.45) is 0.0391. The van der Waals surface area contributed by atoms with Crippen molar-refractivity contribution in [1.82, 2.24) is 26.6 Å². The third-order valence-corrected chi connectivity index (χ3v) is 6.19. The Morgan fingerprint density at radius 2 is 1.30 bits per heavy atom. The van der Waals surface area contributed by atoms with E-state index in [0.29, 0.717) is 6.42 Å². The van der Waals surface area contributed by atoms with Gasteiger partial charge < -0.3 is 37.4 Å². The van der Waals surface area contributed by atoms with Crippen molar-refractivity contribution in [3.05, 3.63) is 0 Å². The number of nitrogens with one attached hydrogen (secondary N) is 5. The summed E-state index contributed by atoms with van der Waals surface area (Å²) in [6, 6.07) is -3.73. The summed E-state index contributed by atoms with van der Waals surface area (Å²) < 4.78 is 0. The first-order valence-electron chi connectivity index (χ1n) is 13.2. The molecule has 40 heavy (non-hydrogen) atoms. The summed E-state index contributed by atoms with van der Waals surface area (Å²) in [7, 11) is 0. The molecule has 0 saturated carbocycles. The van der Waals surface area contributed by atoms with Gasteiger partial charge in [-0.3, -0.25) is 28.8 Å². The number of hydrogen-bond acceptors (Lipinski definition) is 7. The average Bonchev–Trinajstić information content (AvgIpc) is 2.78. The van der Waals surface area contributed by atoms with Crippen LogP contribution in [0.5, 0.6) is 0 Å². The van der Waals surface area contributed by atoms with E-state index in [4.69, 9.17) is 5.73 Å². The Hall–Kier alpha value is -3.71. The van der Waals surface area contributed by atoms with Crippen molar-refractivity contribution in [2.45, 2.75) is 111 Å². The fraction of sp³-hybridized carbons (Fsp3) is 0.731. The maximum absolute atomic E-state index is 13.3. The number of nitrogens with two attached hydrogens (primary N) is 1. The minimum Gasteiger partial charge on any atom is -0.480 e. The second-order valence-electron chi connectivity index (χ2n) is 11.5. The highest BCUT2D eigenvalue weighted by atomic mass is 16.4. The molecule has 0 aliphatic heterocycles. The second kappa shape index (κ2) is 15.2. The van der Waals surface area contributed by atoms with Gasteiger partial charge in [0, 0.05) is 6.92 Å². The molecule has 14 heteroatoms. The molecule has 0 unspecified atom stereocenters. The lowest BCUT2D eigenvalue weighted by molar-refractivity contribution is -0.146. The molecule has 8 N–H and O–H groups in total. The van der Waals surface area contributed by atoms with Crippen molar-refractivity contribution in [3.63, 3.8) is 0 Å². The molecule has 0 radical (unpaired) electrons. The number of aliphatic carboxylic acids is 1. The van der Waals surface area contributed by atoms with Crippen molar-refractivity contribution in [2.75, 3.05) is 0 Å². The highest BCUT2D eigenvalue weighted by Crippen LogP contribution is 2.13. The maximum Gasteiger partial charge on any atom is 0.328 e. The van der Waals surface area contributed by atoms with Crippen molar-refractivity contribution in [1.29, 1.82) is 0 Å². The van der Waals surface area contributed by atoms with Gasteiger partial charge in [-0.25, -0.2) is 4.79 Å². The standard InChI is InChI=1S/C26H46N6O8/c1-10-14(4)19(22(37)32-26(8,9)24(39)40)30-21(36)16(11-13(2)3)28-20(35)17(12-18(27)34)29-23(38)25(6,7)31-15(5)33/h13-14,16-17,19H,10-12H2,1-9H3,(H2,27,34)(H,28,35)(H,29,38)(H,30,36)(H,31,33)(H,32,37)(H,39,40)/t14-,16-,17-,19-/m0/s1. The van der Waals surface area contributed by atoms with E-state index < -0.39 is 77.0 Å². The Labute approximate surface area is 235 Å². The predicted molar refractivity (Wildman–Crippen MR) is 146 cm³/mol. The summed E-state index contributed by atoms with van der Waals surface area (Å²) in [4.78, 5) is 86.9. The van der Waals surface area contributed by atoms with Crippen LogP contribution >= 0.6 is 0 Å². The first kappa shape index (κ1) is 36.3. The van der Waals surface area contributed by atoms with Gasteiger partial charge in [0.25, 0.3) is 0 Å². The van der Waals surface area contributed by atoms with E-state index in [2.05, 4.69) is 26.6 Å². The normalized spacial score (nSPS) is 14.7. The molecule has 0 heterocycles. The molecule has 0 saturated heterocycles. The summed E-state index contributed by atoms with van der Waals surface area (Å²) in [6.45, 7) is 13.8. The van der Waals surface area contributed by atoms with Crippen LogP contribution in [-0.4, -0.2) is 75.7 Å². The molecule has 0 aliphatic rings. The Morgan fingerprint density at radius 1 is 0.775 bits per heavy atom. The van der Waals surface area contributed by atoms with Crippen LogP contribution in [0, 0.1) is 11.8 Å². The Morgan fingerprint density at radius 3 is 1.73 bits per heavy atom. The number of carbonyl (C=O) groups excluding carboxylic acids is 6. The molecule has 4 atom stereocenters. The monoisotopic (exact) mass is 570 g/mol. The third kappa shape index (κ3) is 12.0. The third-order valence-electron chi connectivity index (χ3n) is 6.19. The molecule has 6 amide bonds. The van der Waals surface area contributed by atoms with Crippen LogP contribution in [0.15, 0.2) is 0 Å². The summed E-state index contributed by atoms with van der Waals surface area (Å²) in [5.74, 6) is -6.17. The number of carboxylic acids is 1. The van der Waals surface area contributed by atoms with E-state index in [-0.39, 0.29) is 18.3 Å². The van der Waals surface area contributed by atoms with Crippen LogP contribution in [0.1, 0.15) is 81.6 Å². The van der Waals surface area contributed by atoms with Crippen LogP contribution in [0.2, 0.25) is 0 Å². The predicted octanol–water partition coefficient (Wildman–Crippen LogP) is -0.697. The number of hydrogen-bond donors (Lipinski definition) is 7. The first-order valence-corrected chi connectivity index (χ1v) is 13.2. The number of carbonyl (C=O) groups is 7. The van der Waals surface area contributed by atoms with E-state index in [1.807, 2.05) is 0 Å². The molecule has 0 fully saturated rings. The molecular weight excluding hydrogens is 524 g/mol. The van der Waals surface area contributed by atoms with Gasteiger partial charge in [-0.05, 0) is 46.0 Å². The van der Waals surface area contributed by atoms with Gasteiger partial charge in [0.15, 0.2) is 0 Å². The van der Waals surface area contributed by atoms with Gasteiger partial charge in [0.2, 0.25) is 35.4 Å².